The largest absolute Gasteiger partial charge is 0.493 e. The van der Waals surface area contributed by atoms with Crippen LogP contribution < -0.4 is 25.4 Å². The molecule has 1 aliphatic rings. The van der Waals surface area contributed by atoms with Gasteiger partial charge in [-0.3, -0.25) is 9.89 Å². The molecule has 12 heteroatoms. The van der Waals surface area contributed by atoms with Crippen LogP contribution in [0.2, 0.25) is 5.02 Å². The van der Waals surface area contributed by atoms with Gasteiger partial charge in [0.25, 0.3) is 5.91 Å². The summed E-state index contributed by atoms with van der Waals surface area (Å²) in [5.74, 6) is 1.68. The fourth-order valence-electron chi connectivity index (χ4n) is 4.58. The molecule has 0 bridgehead atoms. The van der Waals surface area contributed by atoms with Crippen LogP contribution in [0.3, 0.4) is 0 Å². The molecular weight excluding hydrogens is 532 g/mol. The number of ether oxygens (including phenoxy) is 2. The molecule has 2 aromatic heterocycles. The minimum absolute atomic E-state index is 0.108. The first-order valence-electron chi connectivity index (χ1n) is 12.8. The van der Waals surface area contributed by atoms with E-state index >= 15 is 0 Å². The lowest BCUT2D eigenvalue weighted by atomic mass is 10.2. The summed E-state index contributed by atoms with van der Waals surface area (Å²) >= 11 is 6.67. The van der Waals surface area contributed by atoms with Crippen LogP contribution in [0.25, 0.3) is 28.0 Å². The molecule has 1 aliphatic heterocycles. The van der Waals surface area contributed by atoms with Gasteiger partial charge in [-0.15, -0.1) is 5.10 Å². The molecule has 1 unspecified atom stereocenters. The standard InChI is InChI=1S/C28H27ClN8O3/c1-39-24-13-17(7-10-23(24)40-16-25(38)32-18-11-12-30-14-18)27-34-28(37(36-27)19-5-3-2-4-6-19)33-22-9-8-21-20(26(22)29)15-31-35-21/h2-10,13,15,18,30H,11-12,14,16H2,1H3,(H,31,35)(H,32,38)(H,33,34,36). The predicted molar refractivity (Wildman–Crippen MR) is 153 cm³/mol. The minimum Gasteiger partial charge on any atom is -0.493 e. The Hall–Kier alpha value is -4.61. The fourth-order valence-corrected chi connectivity index (χ4v) is 4.84. The molecule has 1 atom stereocenters. The summed E-state index contributed by atoms with van der Waals surface area (Å²) in [6.07, 6.45) is 2.59. The number of anilines is 2. The second-order valence-electron chi connectivity index (χ2n) is 9.30. The highest BCUT2D eigenvalue weighted by Crippen LogP contribution is 2.35. The van der Waals surface area contributed by atoms with Crippen LogP contribution in [0.5, 0.6) is 11.5 Å². The lowest BCUT2D eigenvalue weighted by Gasteiger charge is -2.14. The quantitative estimate of drug-likeness (QED) is 0.213. The van der Waals surface area contributed by atoms with Crippen molar-refractivity contribution in [3.8, 4) is 28.6 Å². The zero-order valence-electron chi connectivity index (χ0n) is 21.6. The summed E-state index contributed by atoms with van der Waals surface area (Å²) in [6.45, 7) is 1.56. The SMILES string of the molecule is COc1cc(-c2nc(Nc3ccc4[nH]ncc4c3Cl)n(-c3ccccc3)n2)ccc1OCC(=O)NC1CCNC1. The number of carbonyl (C=O) groups is 1. The number of carbonyl (C=O) groups excluding carboxylic acids is 1. The summed E-state index contributed by atoms with van der Waals surface area (Å²) in [4.78, 5) is 17.1. The molecule has 3 aromatic carbocycles. The number of aromatic nitrogens is 5. The highest BCUT2D eigenvalue weighted by Gasteiger charge is 2.19. The normalized spacial score (nSPS) is 14.8. The van der Waals surface area contributed by atoms with Crippen molar-refractivity contribution in [3.63, 3.8) is 0 Å². The summed E-state index contributed by atoms with van der Waals surface area (Å²) in [5.41, 5.74) is 3.03. The van der Waals surface area contributed by atoms with Crippen molar-refractivity contribution < 1.29 is 14.3 Å². The number of halogens is 1. The van der Waals surface area contributed by atoms with Crippen LogP contribution >= 0.6 is 11.6 Å². The molecule has 11 nitrogen and oxygen atoms in total. The molecule has 1 fully saturated rings. The molecular formula is C28H27ClN8O3. The minimum atomic E-state index is -0.175. The second kappa shape index (κ2) is 11.2. The number of nitrogens with one attached hydrogen (secondary N) is 4. The van der Waals surface area contributed by atoms with E-state index in [0.29, 0.717) is 39.5 Å². The highest BCUT2D eigenvalue weighted by molar-refractivity contribution is 6.38. The lowest BCUT2D eigenvalue weighted by molar-refractivity contribution is -0.123. The first kappa shape index (κ1) is 25.7. The number of nitrogens with zero attached hydrogens (tertiary/aromatic N) is 4. The van der Waals surface area contributed by atoms with Gasteiger partial charge in [0.05, 0.1) is 35.2 Å². The van der Waals surface area contributed by atoms with Gasteiger partial charge in [-0.25, -0.2) is 0 Å². The van der Waals surface area contributed by atoms with Crippen molar-refractivity contribution in [2.45, 2.75) is 12.5 Å². The van der Waals surface area contributed by atoms with Crippen molar-refractivity contribution in [2.24, 2.45) is 0 Å². The molecule has 0 aliphatic carbocycles. The van der Waals surface area contributed by atoms with Crippen molar-refractivity contribution in [1.29, 1.82) is 0 Å². The maximum absolute atomic E-state index is 12.3. The van der Waals surface area contributed by atoms with Crippen LogP contribution in [0.1, 0.15) is 6.42 Å². The first-order chi connectivity index (χ1) is 19.6. The van der Waals surface area contributed by atoms with E-state index in [0.717, 1.165) is 36.1 Å². The van der Waals surface area contributed by atoms with Crippen LogP contribution in [-0.2, 0) is 4.79 Å². The molecule has 4 N–H and O–H groups in total. The zero-order valence-corrected chi connectivity index (χ0v) is 22.4. The van der Waals surface area contributed by atoms with E-state index in [-0.39, 0.29) is 18.6 Å². The fraction of sp³-hybridized carbons (Fsp3) is 0.214. The third-order valence-corrected chi connectivity index (χ3v) is 7.03. The summed E-state index contributed by atoms with van der Waals surface area (Å²) < 4.78 is 13.1. The first-order valence-corrected chi connectivity index (χ1v) is 13.2. The molecule has 6 rings (SSSR count). The zero-order chi connectivity index (χ0) is 27.5. The molecule has 3 heterocycles. The van der Waals surface area contributed by atoms with E-state index in [4.69, 9.17) is 31.2 Å². The molecule has 40 heavy (non-hydrogen) atoms. The van der Waals surface area contributed by atoms with Gasteiger partial charge in [0, 0.05) is 23.5 Å². The van der Waals surface area contributed by atoms with Gasteiger partial charge >= 0.3 is 0 Å². The third kappa shape index (κ3) is 5.29. The van der Waals surface area contributed by atoms with Crippen molar-refractivity contribution in [2.75, 3.05) is 32.1 Å². The van der Waals surface area contributed by atoms with Crippen molar-refractivity contribution in [1.82, 2.24) is 35.6 Å². The number of rotatable bonds is 9. The number of fused-ring (bicyclic) bond motifs is 1. The maximum atomic E-state index is 12.3. The van der Waals surface area contributed by atoms with Crippen molar-refractivity contribution >= 4 is 40.0 Å². The Kier molecular flexibility index (Phi) is 7.21. The van der Waals surface area contributed by atoms with Gasteiger partial charge in [0.1, 0.15) is 0 Å². The average Bonchev–Trinajstić information content (AvgIpc) is 3.76. The van der Waals surface area contributed by atoms with E-state index in [2.05, 4.69) is 26.1 Å². The van der Waals surface area contributed by atoms with E-state index in [1.54, 1.807) is 30.1 Å². The molecule has 0 saturated carbocycles. The Balaban J connectivity index is 1.28. The van der Waals surface area contributed by atoms with Crippen LogP contribution in [-0.4, -0.2) is 63.7 Å². The van der Waals surface area contributed by atoms with Crippen LogP contribution in [0.4, 0.5) is 11.6 Å². The van der Waals surface area contributed by atoms with Gasteiger partial charge in [-0.2, -0.15) is 14.8 Å². The summed E-state index contributed by atoms with van der Waals surface area (Å²) in [7, 11) is 1.55. The number of para-hydroxylation sites is 1. The number of amides is 1. The Morgan fingerprint density at radius 2 is 2.02 bits per heavy atom. The summed E-state index contributed by atoms with van der Waals surface area (Å²) in [6, 6.07) is 18.9. The molecule has 1 amide bonds. The molecule has 5 aromatic rings. The highest BCUT2D eigenvalue weighted by atomic mass is 35.5. The monoisotopic (exact) mass is 558 g/mol. The van der Waals surface area contributed by atoms with E-state index in [9.17, 15) is 4.79 Å². The Morgan fingerprint density at radius 1 is 1.15 bits per heavy atom. The number of benzene rings is 3. The molecule has 0 radical (unpaired) electrons. The van der Waals surface area contributed by atoms with Crippen LogP contribution in [0, 0.1) is 0 Å². The predicted octanol–water partition coefficient (Wildman–Crippen LogP) is 4.07. The number of H-pyrrole nitrogens is 1. The lowest BCUT2D eigenvalue weighted by Crippen LogP contribution is -2.39. The second-order valence-corrected chi connectivity index (χ2v) is 9.68. The Bertz CT molecular complexity index is 1650. The molecule has 1 saturated heterocycles. The topological polar surface area (TPSA) is 131 Å². The Labute approximate surface area is 234 Å². The number of hydrogen-bond donors (Lipinski definition) is 4. The van der Waals surface area contributed by atoms with Gasteiger partial charge in [-0.05, 0) is 55.4 Å². The maximum Gasteiger partial charge on any atom is 0.258 e. The average molecular weight is 559 g/mol. The number of hydrogen-bond acceptors (Lipinski definition) is 8. The van der Waals surface area contributed by atoms with E-state index in [1.807, 2.05) is 48.5 Å². The molecule has 0 spiro atoms. The number of aromatic amines is 1. The van der Waals surface area contributed by atoms with Crippen molar-refractivity contribution in [3.05, 3.63) is 71.9 Å². The van der Waals surface area contributed by atoms with Gasteiger partial charge in [-0.1, -0.05) is 29.8 Å². The van der Waals surface area contributed by atoms with E-state index in [1.165, 1.54) is 0 Å². The third-order valence-electron chi connectivity index (χ3n) is 6.62. The summed E-state index contributed by atoms with van der Waals surface area (Å²) in [5, 5.41) is 22.6. The van der Waals surface area contributed by atoms with Crippen LogP contribution in [0.15, 0.2) is 66.9 Å². The molecule has 204 valence electrons. The number of methoxy groups -OCH3 is 1. The smallest absolute Gasteiger partial charge is 0.258 e. The van der Waals surface area contributed by atoms with Gasteiger partial charge < -0.3 is 25.4 Å². The van der Waals surface area contributed by atoms with E-state index < -0.39 is 0 Å². The van der Waals surface area contributed by atoms with Gasteiger partial charge in [0.15, 0.2) is 23.9 Å². The Morgan fingerprint density at radius 3 is 2.83 bits per heavy atom. The van der Waals surface area contributed by atoms with Gasteiger partial charge in [0.2, 0.25) is 5.95 Å².